The number of para-hydroxylation sites is 1. The van der Waals surface area contributed by atoms with Gasteiger partial charge < -0.3 is 10.3 Å². The molecule has 0 saturated carbocycles. The molecule has 2 N–H and O–H groups in total. The Morgan fingerprint density at radius 3 is 1.73 bits per heavy atom. The molecule has 11 aromatic rings. The van der Waals surface area contributed by atoms with Crippen molar-refractivity contribution in [2.75, 3.05) is 0 Å². The van der Waals surface area contributed by atoms with E-state index in [1.54, 1.807) is 0 Å². The normalized spacial score (nSPS) is 13.9. The molecule has 1 aliphatic heterocycles. The highest BCUT2D eigenvalue weighted by molar-refractivity contribution is 6.37. The Morgan fingerprint density at radius 2 is 0.966 bits per heavy atom. The van der Waals surface area contributed by atoms with Crippen molar-refractivity contribution in [3.8, 4) is 11.1 Å². The van der Waals surface area contributed by atoms with Crippen molar-refractivity contribution in [2.45, 2.75) is 6.04 Å². The van der Waals surface area contributed by atoms with Crippen LogP contribution in [0.25, 0.3) is 87.3 Å². The van der Waals surface area contributed by atoms with Gasteiger partial charge in [-0.3, -0.25) is 0 Å². The van der Waals surface area contributed by atoms with Crippen LogP contribution >= 0.6 is 0 Å². The second-order valence-electron chi connectivity index (χ2n) is 15.3. The summed E-state index contributed by atoms with van der Waals surface area (Å²) in [6.45, 7) is 0. The average Bonchev–Trinajstić information content (AvgIpc) is 3.72. The number of hydrogen-bond acceptors (Lipinski definition) is 1. The number of allylic oxidation sites excluding steroid dienone is 2. The molecule has 0 aliphatic carbocycles. The Kier molecular flexibility index (Phi) is 8.60. The van der Waals surface area contributed by atoms with Crippen molar-refractivity contribution >= 4 is 76.2 Å². The first-order valence-electron chi connectivity index (χ1n) is 20.4. The summed E-state index contributed by atoms with van der Waals surface area (Å²) < 4.78 is 0. The highest BCUT2D eigenvalue weighted by Gasteiger charge is 2.21. The Hall–Kier alpha value is -7.68. The van der Waals surface area contributed by atoms with Gasteiger partial charge in [-0.25, -0.2) is 0 Å². The molecular formula is C57H40N2. The molecule has 0 radical (unpaired) electrons. The third-order valence-corrected chi connectivity index (χ3v) is 11.9. The maximum Gasteiger partial charge on any atom is 0.0707 e. The molecule has 0 saturated heterocycles. The van der Waals surface area contributed by atoms with E-state index in [2.05, 4.69) is 198 Å². The minimum atomic E-state index is 0.00525. The summed E-state index contributed by atoms with van der Waals surface area (Å²) in [5.74, 6) is 0. The number of nitrogens with one attached hydrogen (secondary N) is 2. The molecule has 0 bridgehead atoms. The third kappa shape index (κ3) is 6.14. The SMILES string of the molecule is C1=C(c2ccccc2)C=C(c2cccc3ccccc23)NC1c1ccc(-c2cc3c4ccccc4c4[nH]c5ccccc5c4c3c3ccccc23)cc1.c1ccccc1. The number of fused-ring (bicyclic) bond motifs is 11. The second kappa shape index (κ2) is 14.7. The molecule has 0 amide bonds. The lowest BCUT2D eigenvalue weighted by Crippen LogP contribution is -2.21. The summed E-state index contributed by atoms with van der Waals surface area (Å²) in [7, 11) is 0. The highest BCUT2D eigenvalue weighted by atomic mass is 14.9. The minimum absolute atomic E-state index is 0.00525. The topological polar surface area (TPSA) is 27.8 Å². The number of dihydropyridines is 1. The van der Waals surface area contributed by atoms with Gasteiger partial charge in [-0.1, -0.05) is 200 Å². The molecule has 0 spiro atoms. The first-order chi connectivity index (χ1) is 29.3. The molecule has 12 rings (SSSR count). The van der Waals surface area contributed by atoms with Crippen LogP contribution in [0, 0.1) is 0 Å². The van der Waals surface area contributed by atoms with Crippen molar-refractivity contribution < 1.29 is 0 Å². The van der Waals surface area contributed by atoms with Crippen LogP contribution in [0.4, 0.5) is 0 Å². The van der Waals surface area contributed by atoms with E-state index < -0.39 is 0 Å². The van der Waals surface area contributed by atoms with E-state index >= 15 is 0 Å². The fraction of sp³-hybridized carbons (Fsp3) is 0.0175. The van der Waals surface area contributed by atoms with Gasteiger partial charge in [0.15, 0.2) is 0 Å². The third-order valence-electron chi connectivity index (χ3n) is 11.9. The van der Waals surface area contributed by atoms with Gasteiger partial charge >= 0.3 is 0 Å². The molecule has 1 aliphatic rings. The van der Waals surface area contributed by atoms with Crippen molar-refractivity contribution in [3.63, 3.8) is 0 Å². The maximum atomic E-state index is 3.92. The fourth-order valence-electron chi connectivity index (χ4n) is 9.13. The smallest absolute Gasteiger partial charge is 0.0707 e. The van der Waals surface area contributed by atoms with Gasteiger partial charge in [-0.2, -0.15) is 0 Å². The van der Waals surface area contributed by atoms with E-state index in [0.717, 1.165) is 5.70 Å². The summed E-state index contributed by atoms with van der Waals surface area (Å²) in [5, 5.41) is 16.6. The molecule has 1 unspecified atom stereocenters. The Bertz CT molecular complexity index is 3360. The van der Waals surface area contributed by atoms with Crippen LogP contribution in [0.15, 0.2) is 224 Å². The number of benzene rings is 10. The first kappa shape index (κ1) is 34.6. The predicted molar refractivity (Wildman–Crippen MR) is 252 cm³/mol. The van der Waals surface area contributed by atoms with E-state index in [4.69, 9.17) is 0 Å². The van der Waals surface area contributed by atoms with E-state index in [-0.39, 0.29) is 6.04 Å². The zero-order valence-electron chi connectivity index (χ0n) is 32.4. The van der Waals surface area contributed by atoms with Crippen LogP contribution in [0.2, 0.25) is 0 Å². The Morgan fingerprint density at radius 1 is 0.373 bits per heavy atom. The average molecular weight is 753 g/mol. The van der Waals surface area contributed by atoms with Crippen LogP contribution in [0.3, 0.4) is 0 Å². The second-order valence-corrected chi connectivity index (χ2v) is 15.3. The molecule has 2 nitrogen and oxygen atoms in total. The van der Waals surface area contributed by atoms with Gasteiger partial charge in [0.2, 0.25) is 0 Å². The van der Waals surface area contributed by atoms with Crippen LogP contribution in [-0.2, 0) is 0 Å². The predicted octanol–water partition coefficient (Wildman–Crippen LogP) is 15.1. The maximum absolute atomic E-state index is 3.92. The van der Waals surface area contributed by atoms with Crippen molar-refractivity contribution in [1.82, 2.24) is 10.3 Å². The molecular weight excluding hydrogens is 713 g/mol. The van der Waals surface area contributed by atoms with Gasteiger partial charge in [0, 0.05) is 38.3 Å². The summed E-state index contributed by atoms with van der Waals surface area (Å²) in [4.78, 5) is 3.78. The van der Waals surface area contributed by atoms with E-state index in [9.17, 15) is 0 Å². The zero-order valence-corrected chi connectivity index (χ0v) is 32.4. The summed E-state index contributed by atoms with van der Waals surface area (Å²) >= 11 is 0. The lowest BCUT2D eigenvalue weighted by atomic mass is 9.88. The van der Waals surface area contributed by atoms with E-state index in [0.29, 0.717) is 0 Å². The monoisotopic (exact) mass is 752 g/mol. The van der Waals surface area contributed by atoms with Gasteiger partial charge in [0.25, 0.3) is 0 Å². The zero-order chi connectivity index (χ0) is 39.1. The number of aromatic amines is 1. The quantitative estimate of drug-likeness (QED) is 0.172. The summed E-state index contributed by atoms with van der Waals surface area (Å²) in [6.07, 6.45) is 4.67. The Balaban J connectivity index is 0.000000610. The van der Waals surface area contributed by atoms with Gasteiger partial charge in [0.1, 0.15) is 0 Å². The number of aromatic nitrogens is 1. The number of rotatable bonds is 4. The number of hydrogen-bond donors (Lipinski definition) is 2. The van der Waals surface area contributed by atoms with Crippen LogP contribution < -0.4 is 5.32 Å². The molecule has 278 valence electrons. The molecule has 2 heteroatoms. The highest BCUT2D eigenvalue weighted by Crippen LogP contribution is 2.45. The van der Waals surface area contributed by atoms with Crippen molar-refractivity contribution in [3.05, 3.63) is 241 Å². The molecule has 10 aromatic carbocycles. The molecule has 59 heavy (non-hydrogen) atoms. The van der Waals surface area contributed by atoms with Gasteiger partial charge in [0.05, 0.1) is 11.6 Å². The van der Waals surface area contributed by atoms with Gasteiger partial charge in [-0.15, -0.1) is 0 Å². The van der Waals surface area contributed by atoms with Crippen LogP contribution in [0.1, 0.15) is 22.7 Å². The molecule has 1 aromatic heterocycles. The van der Waals surface area contributed by atoms with Crippen LogP contribution in [-0.4, -0.2) is 4.98 Å². The largest absolute Gasteiger partial charge is 0.374 e. The molecule has 1 atom stereocenters. The number of H-pyrrole nitrogens is 1. The first-order valence-corrected chi connectivity index (χ1v) is 20.4. The summed E-state index contributed by atoms with van der Waals surface area (Å²) in [5.41, 5.74) is 10.8. The van der Waals surface area contributed by atoms with Crippen molar-refractivity contribution in [2.24, 2.45) is 0 Å². The lowest BCUT2D eigenvalue weighted by Gasteiger charge is -2.26. The standard InChI is InChI=1S/C51H34N2.C6H6/c1-2-13-32(14-3-1)36-29-47(52-48(30-36)40-23-12-16-33-15-4-5-17-37(33)40)35-27-25-34(26-28-35)44-31-45-39-19-7-9-21-42(39)51-50(43-22-10-11-24-46(43)53-51)49(45)41-20-8-6-18-38(41)44;1-2-4-6-5-3-1/h1-31,47,52-53H;1-6H. The summed E-state index contributed by atoms with van der Waals surface area (Å²) in [6, 6.07) is 76.1. The minimum Gasteiger partial charge on any atom is -0.374 e. The van der Waals surface area contributed by atoms with Gasteiger partial charge in [-0.05, 0) is 84.4 Å². The molecule has 2 heterocycles. The lowest BCUT2D eigenvalue weighted by molar-refractivity contribution is 0.767. The fourth-order valence-corrected chi connectivity index (χ4v) is 9.13. The van der Waals surface area contributed by atoms with E-state index in [1.165, 1.54) is 98.3 Å². The Labute approximate surface area is 343 Å². The van der Waals surface area contributed by atoms with E-state index in [1.807, 2.05) is 36.4 Å². The van der Waals surface area contributed by atoms with Crippen LogP contribution in [0.5, 0.6) is 0 Å². The van der Waals surface area contributed by atoms with Crippen molar-refractivity contribution in [1.29, 1.82) is 0 Å². The molecule has 0 fully saturated rings.